The maximum Gasteiger partial charge on any atom is 0.238 e. The largest absolute Gasteiger partial charge is 0.399 e. The van der Waals surface area contributed by atoms with Crippen LogP contribution >= 0.6 is 0 Å². The molecule has 0 heterocycles. The highest BCUT2D eigenvalue weighted by Gasteiger charge is 2.26. The lowest BCUT2D eigenvalue weighted by molar-refractivity contribution is 0.309. The van der Waals surface area contributed by atoms with Crippen molar-refractivity contribution in [1.29, 1.82) is 0 Å². The Labute approximate surface area is 108 Å². The van der Waals surface area contributed by atoms with E-state index in [0.29, 0.717) is 17.3 Å². The van der Waals surface area contributed by atoms with Crippen LogP contribution in [0.15, 0.2) is 17.0 Å². The molecule has 1 fully saturated rings. The molecule has 1 aromatic rings. The van der Waals surface area contributed by atoms with E-state index in [-0.39, 0.29) is 4.90 Å². The first-order valence-corrected chi connectivity index (χ1v) is 7.51. The third kappa shape index (κ3) is 2.59. The van der Waals surface area contributed by atoms with E-state index < -0.39 is 10.0 Å². The quantitative estimate of drug-likeness (QED) is 0.723. The summed E-state index contributed by atoms with van der Waals surface area (Å²) in [4.78, 5) is 0.0948. The van der Waals surface area contributed by atoms with Gasteiger partial charge in [-0.15, -0.1) is 0 Å². The maximum absolute atomic E-state index is 11.5. The van der Waals surface area contributed by atoms with Crippen LogP contribution in [-0.4, -0.2) is 14.5 Å². The molecule has 0 saturated heterocycles. The van der Waals surface area contributed by atoms with Gasteiger partial charge < -0.3 is 11.1 Å². The zero-order valence-corrected chi connectivity index (χ0v) is 11.4. The molecule has 0 spiro atoms. The van der Waals surface area contributed by atoms with E-state index in [2.05, 4.69) is 12.2 Å². The molecular formula is C12H19N3O2S. The SMILES string of the molecule is Cc1c(NC2CC(C)C2)cc(N)cc1S(N)(=O)=O. The summed E-state index contributed by atoms with van der Waals surface area (Å²) in [5.41, 5.74) is 7.52. The Kier molecular flexibility index (Phi) is 3.25. The topological polar surface area (TPSA) is 98.2 Å². The van der Waals surface area contributed by atoms with Gasteiger partial charge in [0.2, 0.25) is 10.0 Å². The minimum atomic E-state index is -3.73. The van der Waals surface area contributed by atoms with Crippen molar-refractivity contribution < 1.29 is 8.42 Å². The van der Waals surface area contributed by atoms with Gasteiger partial charge in [0.05, 0.1) is 4.90 Å². The molecular weight excluding hydrogens is 250 g/mol. The van der Waals surface area contributed by atoms with Crippen LogP contribution in [0.1, 0.15) is 25.3 Å². The summed E-state index contributed by atoms with van der Waals surface area (Å²) in [5.74, 6) is 0.724. The first-order valence-electron chi connectivity index (χ1n) is 5.97. The molecule has 0 unspecified atom stereocenters. The fraction of sp³-hybridized carbons (Fsp3) is 0.500. The Hall–Kier alpha value is -1.27. The van der Waals surface area contributed by atoms with E-state index in [9.17, 15) is 8.42 Å². The van der Waals surface area contributed by atoms with Gasteiger partial charge in [0.1, 0.15) is 0 Å². The van der Waals surface area contributed by atoms with Crippen LogP contribution in [0.25, 0.3) is 0 Å². The van der Waals surface area contributed by atoms with E-state index in [1.54, 1.807) is 13.0 Å². The van der Waals surface area contributed by atoms with Crippen molar-refractivity contribution in [3.8, 4) is 0 Å². The molecule has 2 rings (SSSR count). The fourth-order valence-electron chi connectivity index (χ4n) is 2.39. The van der Waals surface area contributed by atoms with Crippen LogP contribution in [0, 0.1) is 12.8 Å². The second kappa shape index (κ2) is 4.44. The van der Waals surface area contributed by atoms with E-state index in [1.807, 2.05) is 0 Å². The number of nitrogen functional groups attached to an aromatic ring is 1. The van der Waals surface area contributed by atoms with Crippen molar-refractivity contribution >= 4 is 21.4 Å². The van der Waals surface area contributed by atoms with Gasteiger partial charge in [0, 0.05) is 17.4 Å². The molecule has 0 atom stereocenters. The first kappa shape index (κ1) is 13.2. The van der Waals surface area contributed by atoms with Gasteiger partial charge in [-0.05, 0) is 43.4 Å². The van der Waals surface area contributed by atoms with Gasteiger partial charge in [-0.25, -0.2) is 13.6 Å². The van der Waals surface area contributed by atoms with Gasteiger partial charge in [0.25, 0.3) is 0 Å². The molecule has 1 aromatic carbocycles. The predicted molar refractivity (Wildman–Crippen MR) is 72.8 cm³/mol. The summed E-state index contributed by atoms with van der Waals surface area (Å²) >= 11 is 0. The Morgan fingerprint density at radius 3 is 2.44 bits per heavy atom. The summed E-state index contributed by atoms with van der Waals surface area (Å²) in [5, 5.41) is 8.51. The summed E-state index contributed by atoms with van der Waals surface area (Å²) < 4.78 is 22.9. The van der Waals surface area contributed by atoms with Crippen molar-refractivity contribution in [3.63, 3.8) is 0 Å². The highest BCUT2D eigenvalue weighted by Crippen LogP contribution is 2.33. The average Bonchev–Trinajstić information content (AvgIpc) is 2.19. The lowest BCUT2D eigenvalue weighted by atomic mass is 9.81. The van der Waals surface area contributed by atoms with E-state index in [1.165, 1.54) is 6.07 Å². The maximum atomic E-state index is 11.5. The monoisotopic (exact) mass is 269 g/mol. The van der Waals surface area contributed by atoms with Gasteiger partial charge in [0.15, 0.2) is 0 Å². The van der Waals surface area contributed by atoms with Gasteiger partial charge >= 0.3 is 0 Å². The van der Waals surface area contributed by atoms with Gasteiger partial charge in [-0.2, -0.15) is 0 Å². The van der Waals surface area contributed by atoms with Gasteiger partial charge in [-0.3, -0.25) is 0 Å². The van der Waals surface area contributed by atoms with Crippen LogP contribution < -0.4 is 16.2 Å². The standard InChI is InChI=1S/C12H19N3O2S/c1-7-3-10(4-7)15-11-5-9(13)6-12(8(11)2)18(14,16)17/h5-7,10,15H,3-4,13H2,1-2H3,(H2,14,16,17). The molecule has 100 valence electrons. The lowest BCUT2D eigenvalue weighted by Crippen LogP contribution is -2.34. The van der Waals surface area contributed by atoms with E-state index in [0.717, 1.165) is 24.4 Å². The number of hydrogen-bond donors (Lipinski definition) is 3. The highest BCUT2D eigenvalue weighted by molar-refractivity contribution is 7.89. The normalized spacial score (nSPS) is 23.5. The van der Waals surface area contributed by atoms with Crippen molar-refractivity contribution in [3.05, 3.63) is 17.7 Å². The van der Waals surface area contributed by atoms with Gasteiger partial charge in [-0.1, -0.05) is 6.92 Å². The summed E-state index contributed by atoms with van der Waals surface area (Å²) in [6.45, 7) is 3.93. The number of hydrogen-bond acceptors (Lipinski definition) is 4. The number of rotatable bonds is 3. The van der Waals surface area contributed by atoms with Crippen molar-refractivity contribution in [1.82, 2.24) is 0 Å². The molecule has 5 nitrogen and oxygen atoms in total. The predicted octanol–water partition coefficient (Wildman–Crippen LogP) is 1.44. The number of nitrogens with one attached hydrogen (secondary N) is 1. The van der Waals surface area contributed by atoms with E-state index in [4.69, 9.17) is 10.9 Å². The molecule has 0 aliphatic heterocycles. The second-order valence-electron chi connectivity index (χ2n) is 5.15. The summed E-state index contributed by atoms with van der Waals surface area (Å²) in [7, 11) is -3.73. The molecule has 1 saturated carbocycles. The Balaban J connectivity index is 2.33. The van der Waals surface area contributed by atoms with Crippen LogP contribution in [0.3, 0.4) is 0 Å². The summed E-state index contributed by atoms with van der Waals surface area (Å²) in [6.07, 6.45) is 2.19. The highest BCUT2D eigenvalue weighted by atomic mass is 32.2. The van der Waals surface area contributed by atoms with Crippen LogP contribution in [0.2, 0.25) is 0 Å². The number of nitrogens with two attached hydrogens (primary N) is 2. The average molecular weight is 269 g/mol. The molecule has 6 heteroatoms. The fourth-order valence-corrected chi connectivity index (χ4v) is 3.23. The first-order chi connectivity index (χ1) is 8.27. The Bertz CT molecular complexity index is 563. The molecule has 1 aliphatic carbocycles. The minimum absolute atomic E-state index is 0.0948. The Morgan fingerprint density at radius 2 is 1.94 bits per heavy atom. The van der Waals surface area contributed by atoms with E-state index >= 15 is 0 Å². The second-order valence-corrected chi connectivity index (χ2v) is 6.68. The smallest absolute Gasteiger partial charge is 0.238 e. The van der Waals surface area contributed by atoms with Crippen molar-refractivity contribution in [2.24, 2.45) is 11.1 Å². The number of primary sulfonamides is 1. The molecule has 0 amide bonds. The molecule has 0 radical (unpaired) electrons. The molecule has 5 N–H and O–H groups in total. The Morgan fingerprint density at radius 1 is 1.33 bits per heavy atom. The van der Waals surface area contributed by atoms with Crippen molar-refractivity contribution in [2.45, 2.75) is 37.6 Å². The number of sulfonamides is 1. The number of benzene rings is 1. The third-order valence-electron chi connectivity index (χ3n) is 3.42. The molecule has 0 bridgehead atoms. The summed E-state index contributed by atoms with van der Waals surface area (Å²) in [6, 6.07) is 3.56. The third-order valence-corrected chi connectivity index (χ3v) is 4.46. The molecule has 18 heavy (non-hydrogen) atoms. The lowest BCUT2D eigenvalue weighted by Gasteiger charge is -2.34. The number of anilines is 2. The minimum Gasteiger partial charge on any atom is -0.399 e. The van der Waals surface area contributed by atoms with Crippen LogP contribution in [-0.2, 0) is 10.0 Å². The van der Waals surface area contributed by atoms with Crippen LogP contribution in [0.5, 0.6) is 0 Å². The molecule has 1 aliphatic rings. The zero-order valence-electron chi connectivity index (χ0n) is 10.6. The van der Waals surface area contributed by atoms with Crippen molar-refractivity contribution in [2.75, 3.05) is 11.1 Å². The molecule has 0 aromatic heterocycles. The van der Waals surface area contributed by atoms with Crippen LogP contribution in [0.4, 0.5) is 11.4 Å². The zero-order chi connectivity index (χ0) is 13.5.